The fraction of sp³-hybridized carbons (Fsp3) is 0.533. The van der Waals surface area contributed by atoms with Crippen molar-refractivity contribution in [2.24, 2.45) is 0 Å². The molecule has 20 heavy (non-hydrogen) atoms. The van der Waals surface area contributed by atoms with Gasteiger partial charge in [-0.25, -0.2) is 0 Å². The zero-order chi connectivity index (χ0) is 14.5. The minimum absolute atomic E-state index is 0.145. The fourth-order valence-electron chi connectivity index (χ4n) is 2.89. The van der Waals surface area contributed by atoms with E-state index in [1.54, 1.807) is 21.3 Å². The van der Waals surface area contributed by atoms with Crippen LogP contribution in [0.1, 0.15) is 25.0 Å². The average Bonchev–Trinajstić information content (AvgIpc) is 2.55. The predicted molar refractivity (Wildman–Crippen MR) is 80.5 cm³/mol. The van der Waals surface area contributed by atoms with Crippen LogP contribution in [0.3, 0.4) is 0 Å². The molecular weight excluding hydrogens is 270 g/mol. The van der Waals surface area contributed by atoms with E-state index in [-0.39, 0.29) is 5.41 Å². The smallest absolute Gasteiger partial charge is 0.377 e. The molecule has 2 rings (SSSR count). The Labute approximate surface area is 122 Å². The van der Waals surface area contributed by atoms with Crippen molar-refractivity contribution >= 4 is 8.80 Å². The van der Waals surface area contributed by atoms with Gasteiger partial charge in [-0.15, -0.1) is 0 Å². The highest BCUT2D eigenvalue weighted by atomic mass is 28.4. The summed E-state index contributed by atoms with van der Waals surface area (Å²) in [4.78, 5) is 4.57. The molecule has 1 aromatic heterocycles. The molecule has 0 N–H and O–H groups in total. The zero-order valence-corrected chi connectivity index (χ0v) is 13.5. The molecule has 0 aliphatic heterocycles. The molecule has 1 heterocycles. The molecule has 1 aliphatic carbocycles. The lowest BCUT2D eigenvalue weighted by atomic mass is 9.77. The maximum Gasteiger partial charge on any atom is 0.501 e. The van der Waals surface area contributed by atoms with Crippen LogP contribution in [-0.2, 0) is 18.7 Å². The largest absolute Gasteiger partial charge is 0.501 e. The van der Waals surface area contributed by atoms with Gasteiger partial charge in [0.05, 0.1) is 5.69 Å². The van der Waals surface area contributed by atoms with E-state index >= 15 is 0 Å². The minimum atomic E-state index is -2.65. The Hall–Kier alpha value is -1.01. The molecule has 110 valence electrons. The maximum atomic E-state index is 5.62. The van der Waals surface area contributed by atoms with E-state index in [0.29, 0.717) is 0 Å². The summed E-state index contributed by atoms with van der Waals surface area (Å²) in [6.07, 6.45) is 9.65. The van der Waals surface area contributed by atoms with Gasteiger partial charge in [0.1, 0.15) is 0 Å². The molecule has 0 bridgehead atoms. The molecular formula is C15H23NO3Si. The van der Waals surface area contributed by atoms with Crippen LogP contribution in [0.5, 0.6) is 0 Å². The lowest BCUT2D eigenvalue weighted by Gasteiger charge is -2.38. The monoisotopic (exact) mass is 293 g/mol. The van der Waals surface area contributed by atoms with Crippen LogP contribution in [0, 0.1) is 0 Å². The van der Waals surface area contributed by atoms with Crippen molar-refractivity contribution in [1.82, 2.24) is 4.98 Å². The van der Waals surface area contributed by atoms with E-state index in [2.05, 4.69) is 23.2 Å². The normalized spacial score (nSPS) is 22.9. The summed E-state index contributed by atoms with van der Waals surface area (Å²) < 4.78 is 16.9. The van der Waals surface area contributed by atoms with Crippen molar-refractivity contribution in [3.05, 3.63) is 42.2 Å². The Bertz CT molecular complexity index is 439. The minimum Gasteiger partial charge on any atom is -0.377 e. The highest BCUT2D eigenvalue weighted by Gasteiger charge is 2.48. The summed E-state index contributed by atoms with van der Waals surface area (Å²) in [5, 5.41) is 0. The molecule has 0 radical (unpaired) electrons. The summed E-state index contributed by atoms with van der Waals surface area (Å²) in [7, 11) is 2.34. The van der Waals surface area contributed by atoms with Gasteiger partial charge in [0.2, 0.25) is 0 Å². The molecule has 1 unspecified atom stereocenters. The molecule has 0 fully saturated rings. The summed E-state index contributed by atoms with van der Waals surface area (Å²) >= 11 is 0. The number of hydrogen-bond acceptors (Lipinski definition) is 4. The molecule has 1 atom stereocenters. The Morgan fingerprint density at radius 3 is 2.45 bits per heavy atom. The third kappa shape index (κ3) is 3.01. The van der Waals surface area contributed by atoms with E-state index in [1.807, 2.05) is 18.3 Å². The Kier molecular flexibility index (Phi) is 5.09. The van der Waals surface area contributed by atoms with Gasteiger partial charge in [-0.3, -0.25) is 4.98 Å². The molecule has 1 aliphatic rings. The van der Waals surface area contributed by atoms with Crippen molar-refractivity contribution in [2.45, 2.75) is 30.7 Å². The third-order valence-corrected chi connectivity index (χ3v) is 7.00. The zero-order valence-electron chi connectivity index (χ0n) is 12.5. The summed E-state index contributed by atoms with van der Waals surface area (Å²) in [5.74, 6) is 0. The lowest BCUT2D eigenvalue weighted by molar-refractivity contribution is 0.116. The van der Waals surface area contributed by atoms with Crippen LogP contribution in [0.2, 0.25) is 6.04 Å². The van der Waals surface area contributed by atoms with Crippen LogP contribution in [0.25, 0.3) is 0 Å². The first kappa shape index (κ1) is 15.4. The average molecular weight is 293 g/mol. The van der Waals surface area contributed by atoms with Gasteiger partial charge < -0.3 is 13.3 Å². The molecule has 0 saturated heterocycles. The number of rotatable bonds is 6. The van der Waals surface area contributed by atoms with Gasteiger partial charge in [0.15, 0.2) is 0 Å². The van der Waals surface area contributed by atoms with E-state index in [4.69, 9.17) is 13.3 Å². The van der Waals surface area contributed by atoms with Gasteiger partial charge in [-0.1, -0.05) is 18.2 Å². The van der Waals surface area contributed by atoms with Crippen molar-refractivity contribution in [2.75, 3.05) is 21.3 Å². The highest BCUT2D eigenvalue weighted by Crippen LogP contribution is 2.41. The van der Waals surface area contributed by atoms with Gasteiger partial charge in [0.25, 0.3) is 0 Å². The standard InChI is InChI=1S/C15H23NO3Si/c1-17-20(18-2,19-3)13-15(10-6-4-7-11-15)14-9-5-8-12-16-14/h5-6,8-10,12H,4,7,11,13H2,1-3H3. The Morgan fingerprint density at radius 2 is 1.95 bits per heavy atom. The Balaban J connectivity index is 2.38. The van der Waals surface area contributed by atoms with Crippen LogP contribution in [0.4, 0.5) is 0 Å². The summed E-state index contributed by atoms with van der Waals surface area (Å²) in [5.41, 5.74) is 0.923. The number of aromatic nitrogens is 1. The number of pyridine rings is 1. The first-order valence-corrected chi connectivity index (χ1v) is 8.88. The summed E-state index contributed by atoms with van der Waals surface area (Å²) in [6, 6.07) is 6.77. The SMILES string of the molecule is CO[Si](CC1(c2ccccn2)C=CCCC1)(OC)OC. The fourth-order valence-corrected chi connectivity index (χ4v) is 5.07. The van der Waals surface area contributed by atoms with Gasteiger partial charge >= 0.3 is 8.80 Å². The van der Waals surface area contributed by atoms with Crippen molar-refractivity contribution in [3.8, 4) is 0 Å². The van der Waals surface area contributed by atoms with Crippen molar-refractivity contribution < 1.29 is 13.3 Å². The third-order valence-electron chi connectivity index (χ3n) is 4.07. The number of hydrogen-bond donors (Lipinski definition) is 0. The van der Waals surface area contributed by atoms with Gasteiger partial charge in [0, 0.05) is 39.0 Å². The summed E-state index contributed by atoms with van der Waals surface area (Å²) in [6.45, 7) is 0. The number of allylic oxidation sites excluding steroid dienone is 2. The van der Waals surface area contributed by atoms with E-state index in [0.717, 1.165) is 31.0 Å². The van der Waals surface area contributed by atoms with Crippen molar-refractivity contribution in [3.63, 3.8) is 0 Å². The second-order valence-corrected chi connectivity index (χ2v) is 8.08. The van der Waals surface area contributed by atoms with Gasteiger partial charge in [-0.2, -0.15) is 0 Å². The molecule has 0 amide bonds. The predicted octanol–water partition coefficient (Wildman–Crippen LogP) is 2.94. The van der Waals surface area contributed by atoms with Crippen molar-refractivity contribution in [1.29, 1.82) is 0 Å². The van der Waals surface area contributed by atoms with E-state index in [9.17, 15) is 0 Å². The van der Waals surface area contributed by atoms with Crippen LogP contribution in [-0.4, -0.2) is 35.1 Å². The number of nitrogens with zero attached hydrogens (tertiary/aromatic N) is 1. The molecule has 0 saturated carbocycles. The van der Waals surface area contributed by atoms with Crippen LogP contribution in [0.15, 0.2) is 36.5 Å². The quantitative estimate of drug-likeness (QED) is 0.597. The van der Waals surface area contributed by atoms with Crippen LogP contribution >= 0.6 is 0 Å². The second kappa shape index (κ2) is 6.63. The van der Waals surface area contributed by atoms with E-state index in [1.165, 1.54) is 0 Å². The van der Waals surface area contributed by atoms with Crippen LogP contribution < -0.4 is 0 Å². The second-order valence-electron chi connectivity index (χ2n) is 5.14. The first-order chi connectivity index (χ1) is 9.70. The molecule has 4 nitrogen and oxygen atoms in total. The Morgan fingerprint density at radius 1 is 1.20 bits per heavy atom. The molecule has 0 spiro atoms. The molecule has 5 heteroatoms. The topological polar surface area (TPSA) is 40.6 Å². The van der Waals surface area contributed by atoms with E-state index < -0.39 is 8.80 Å². The molecule has 1 aromatic rings. The highest BCUT2D eigenvalue weighted by molar-refractivity contribution is 6.61. The maximum absolute atomic E-state index is 5.62. The molecule has 0 aromatic carbocycles. The van der Waals surface area contributed by atoms with Gasteiger partial charge in [-0.05, 0) is 31.4 Å². The first-order valence-electron chi connectivity index (χ1n) is 6.95. The lowest BCUT2D eigenvalue weighted by Crippen LogP contribution is -2.49.